The number of nitrogens with zero attached hydrogens (tertiary/aromatic N) is 3. The van der Waals surface area contributed by atoms with Crippen molar-refractivity contribution < 1.29 is 28.1 Å². The first-order valence-corrected chi connectivity index (χ1v) is 7.91. The summed E-state index contributed by atoms with van der Waals surface area (Å²) in [7, 11) is 1.30. The number of carbonyl (C=O) groups excluding carboxylic acids is 1. The van der Waals surface area contributed by atoms with Gasteiger partial charge in [-0.15, -0.1) is 5.10 Å². The smallest absolute Gasteiger partial charge is 0.345 e. The van der Waals surface area contributed by atoms with Crippen LogP contribution in [-0.4, -0.2) is 30.3 Å². The first kappa shape index (κ1) is 21.5. The fourth-order valence-corrected chi connectivity index (χ4v) is 2.18. The van der Waals surface area contributed by atoms with Crippen LogP contribution in [-0.2, 0) is 0 Å². The van der Waals surface area contributed by atoms with Crippen molar-refractivity contribution >= 4 is 29.7 Å². The second-order valence-corrected chi connectivity index (χ2v) is 5.55. The third-order valence-electron chi connectivity index (χ3n) is 3.20. The van der Waals surface area contributed by atoms with Gasteiger partial charge in [0.1, 0.15) is 0 Å². The van der Waals surface area contributed by atoms with Crippen molar-refractivity contribution in [1.82, 2.24) is 5.43 Å². The van der Waals surface area contributed by atoms with E-state index in [1.807, 2.05) is 0 Å². The average molecular weight is 428 g/mol. The molecular formula is C16H12ClF2N5O5. The lowest BCUT2D eigenvalue weighted by Gasteiger charge is -2.10. The highest BCUT2D eigenvalue weighted by atomic mass is 35.5. The molecule has 0 amide bonds. The molecule has 0 aromatic heterocycles. The van der Waals surface area contributed by atoms with Crippen molar-refractivity contribution in [2.45, 2.75) is 0 Å². The molecule has 0 heterocycles. The number of carbonyl (C=O) groups is 1. The predicted molar refractivity (Wildman–Crippen MR) is 98.7 cm³/mol. The lowest BCUT2D eigenvalue weighted by molar-refractivity contribution is -0.525. The van der Waals surface area contributed by atoms with Crippen molar-refractivity contribution in [2.24, 2.45) is 15.9 Å². The summed E-state index contributed by atoms with van der Waals surface area (Å²) in [5.74, 6) is -3.96. The van der Waals surface area contributed by atoms with E-state index in [-0.39, 0.29) is 22.1 Å². The van der Waals surface area contributed by atoms with Crippen LogP contribution in [0.2, 0.25) is 5.02 Å². The zero-order valence-corrected chi connectivity index (χ0v) is 15.3. The largest absolute Gasteiger partial charge is 0.493 e. The van der Waals surface area contributed by atoms with E-state index in [1.165, 1.54) is 31.5 Å². The average Bonchev–Trinajstić information content (AvgIpc) is 2.65. The van der Waals surface area contributed by atoms with Gasteiger partial charge in [0.25, 0.3) is 5.96 Å². The normalized spacial score (nSPS) is 11.4. The number of nitro groups is 1. The van der Waals surface area contributed by atoms with E-state index < -0.39 is 28.6 Å². The van der Waals surface area contributed by atoms with E-state index in [0.717, 1.165) is 0 Å². The highest BCUT2D eigenvalue weighted by molar-refractivity contribution is 6.33. The third-order valence-corrected chi connectivity index (χ3v) is 3.51. The maximum atomic E-state index is 13.4. The Hall–Kier alpha value is -3.80. The van der Waals surface area contributed by atoms with Crippen LogP contribution in [0.25, 0.3) is 0 Å². The van der Waals surface area contributed by atoms with E-state index in [9.17, 15) is 23.7 Å². The van der Waals surface area contributed by atoms with Crippen LogP contribution in [0.3, 0.4) is 0 Å². The number of halogens is 3. The number of ether oxygens (including phenoxy) is 2. The second-order valence-electron chi connectivity index (χ2n) is 5.14. The minimum Gasteiger partial charge on any atom is -0.493 e. The third kappa shape index (κ3) is 5.84. The van der Waals surface area contributed by atoms with Gasteiger partial charge in [-0.2, -0.15) is 5.10 Å². The van der Waals surface area contributed by atoms with Gasteiger partial charge in [0.15, 0.2) is 28.2 Å². The van der Waals surface area contributed by atoms with Crippen LogP contribution < -0.4 is 20.6 Å². The van der Waals surface area contributed by atoms with Crippen molar-refractivity contribution in [2.75, 3.05) is 7.11 Å². The summed E-state index contributed by atoms with van der Waals surface area (Å²) in [6.45, 7) is 0. The minimum absolute atomic E-state index is 0.0338. The number of guanidine groups is 1. The first-order chi connectivity index (χ1) is 13.7. The Kier molecular flexibility index (Phi) is 6.98. The van der Waals surface area contributed by atoms with E-state index in [2.05, 4.69) is 10.2 Å². The molecule has 0 saturated heterocycles. The van der Waals surface area contributed by atoms with Gasteiger partial charge < -0.3 is 15.2 Å². The molecule has 0 unspecified atom stereocenters. The van der Waals surface area contributed by atoms with E-state index in [1.54, 1.807) is 5.43 Å². The lowest BCUT2D eigenvalue weighted by atomic mass is 10.2. The van der Waals surface area contributed by atoms with Crippen LogP contribution in [0.1, 0.15) is 15.9 Å². The molecule has 2 rings (SSSR count). The van der Waals surface area contributed by atoms with Crippen molar-refractivity contribution in [3.8, 4) is 11.5 Å². The first-order valence-electron chi connectivity index (χ1n) is 7.53. The molecule has 0 atom stereocenters. The number of esters is 1. The van der Waals surface area contributed by atoms with Gasteiger partial charge in [-0.25, -0.2) is 23.7 Å². The standard InChI is InChI=1S/C16H12ClF2N5O5/c1-28-14-4-8(7-21-22-16(20)23-24(26)27)2-3-13(14)29-15(25)9-5-11(18)12(19)6-10(9)17/h2-7H,1H3,(H3,20,22,23)/b21-7-. The highest BCUT2D eigenvalue weighted by Crippen LogP contribution is 2.29. The van der Waals surface area contributed by atoms with Crippen LogP contribution in [0.4, 0.5) is 8.78 Å². The van der Waals surface area contributed by atoms with Gasteiger partial charge in [0.05, 0.1) is 23.9 Å². The minimum atomic E-state index is -1.26. The van der Waals surface area contributed by atoms with Crippen molar-refractivity contribution in [1.29, 1.82) is 0 Å². The predicted octanol–water partition coefficient (Wildman–Crippen LogP) is 2.28. The zero-order chi connectivity index (χ0) is 21.6. The summed E-state index contributed by atoms with van der Waals surface area (Å²) in [4.78, 5) is 22.4. The topological polar surface area (TPSA) is 141 Å². The molecule has 13 heteroatoms. The molecule has 0 aliphatic carbocycles. The summed E-state index contributed by atoms with van der Waals surface area (Å²) < 4.78 is 36.7. The summed E-state index contributed by atoms with van der Waals surface area (Å²) in [6.07, 6.45) is 1.20. The molecule has 0 saturated carbocycles. The Morgan fingerprint density at radius 1 is 1.28 bits per heavy atom. The monoisotopic (exact) mass is 427 g/mol. The zero-order valence-electron chi connectivity index (χ0n) is 14.6. The molecule has 0 fully saturated rings. The maximum absolute atomic E-state index is 13.4. The molecule has 10 nitrogen and oxygen atoms in total. The number of benzene rings is 2. The summed E-state index contributed by atoms with van der Waals surface area (Å²) in [6, 6.07) is 5.48. The molecule has 0 spiro atoms. The molecule has 0 aliphatic rings. The Morgan fingerprint density at radius 3 is 2.62 bits per heavy atom. The van der Waals surface area contributed by atoms with Crippen molar-refractivity contribution in [3.05, 3.63) is 68.2 Å². The molecule has 152 valence electrons. The molecule has 0 aliphatic heterocycles. The van der Waals surface area contributed by atoms with Gasteiger partial charge in [-0.05, 0) is 35.9 Å². The SMILES string of the molecule is COc1cc(/C=N\N=C(\N)N[N+](=O)[O-])ccc1OC(=O)c1cc(F)c(F)cc1Cl. The van der Waals surface area contributed by atoms with Crippen LogP contribution in [0.5, 0.6) is 11.5 Å². The number of nitrogens with two attached hydrogens (primary N) is 1. The fourth-order valence-electron chi connectivity index (χ4n) is 1.96. The number of rotatable bonds is 6. The summed E-state index contributed by atoms with van der Waals surface area (Å²) >= 11 is 5.75. The van der Waals surface area contributed by atoms with Crippen LogP contribution in [0.15, 0.2) is 40.5 Å². The van der Waals surface area contributed by atoms with Gasteiger partial charge in [0, 0.05) is 0 Å². The van der Waals surface area contributed by atoms with Gasteiger partial charge in [0.2, 0.25) is 0 Å². The highest BCUT2D eigenvalue weighted by Gasteiger charge is 2.18. The molecule has 0 bridgehead atoms. The van der Waals surface area contributed by atoms with E-state index in [4.69, 9.17) is 26.8 Å². The molecule has 2 aromatic rings. The van der Waals surface area contributed by atoms with Crippen LogP contribution in [0, 0.1) is 21.7 Å². The Bertz CT molecular complexity index is 1020. The van der Waals surface area contributed by atoms with E-state index >= 15 is 0 Å². The van der Waals surface area contributed by atoms with Crippen molar-refractivity contribution in [3.63, 3.8) is 0 Å². The quantitative estimate of drug-likeness (QED) is 0.137. The molecule has 3 N–H and O–H groups in total. The van der Waals surface area contributed by atoms with Gasteiger partial charge in [-0.1, -0.05) is 17.0 Å². The van der Waals surface area contributed by atoms with E-state index in [0.29, 0.717) is 17.7 Å². The lowest BCUT2D eigenvalue weighted by Crippen LogP contribution is -2.35. The van der Waals surface area contributed by atoms with Gasteiger partial charge >= 0.3 is 5.97 Å². The Morgan fingerprint density at radius 2 is 1.97 bits per heavy atom. The summed E-state index contributed by atoms with van der Waals surface area (Å²) in [5.41, 5.74) is 6.85. The number of hydrogen-bond acceptors (Lipinski definition) is 7. The Labute approximate surface area is 166 Å². The number of hydrogen-bond donors (Lipinski definition) is 2. The summed E-state index contributed by atoms with van der Waals surface area (Å²) in [5, 5.41) is 15.9. The maximum Gasteiger partial charge on any atom is 0.345 e. The van der Waals surface area contributed by atoms with Crippen LogP contribution >= 0.6 is 11.6 Å². The molecule has 29 heavy (non-hydrogen) atoms. The van der Waals surface area contributed by atoms with Gasteiger partial charge in [-0.3, -0.25) is 0 Å². The number of hydrazine groups is 1. The number of nitrogens with one attached hydrogen (secondary N) is 1. The fraction of sp³-hybridized carbons (Fsp3) is 0.0625. The molecular weight excluding hydrogens is 416 g/mol. The second kappa shape index (κ2) is 9.41. The molecule has 0 radical (unpaired) electrons. The number of methoxy groups -OCH3 is 1. The molecule has 2 aromatic carbocycles. The Balaban J connectivity index is 2.20.